The van der Waals surface area contributed by atoms with Gasteiger partial charge in [0.05, 0.1) is 18.0 Å². The van der Waals surface area contributed by atoms with E-state index in [1.54, 1.807) is 0 Å². The summed E-state index contributed by atoms with van der Waals surface area (Å²) in [5.74, 6) is 2.05. The van der Waals surface area contributed by atoms with Crippen LogP contribution in [0.4, 0.5) is 0 Å². The Kier molecular flexibility index (Phi) is 3.78. The zero-order valence-corrected chi connectivity index (χ0v) is 10.7. The molecule has 1 aromatic heterocycles. The largest absolute Gasteiger partial charge is 0.245 e. The molecule has 0 amide bonds. The maximum atomic E-state index is 9.24. The number of nitriles is 1. The Hall–Kier alpha value is -1.37. The zero-order chi connectivity index (χ0) is 12.3. The monoisotopic (exact) mass is 232 g/mol. The zero-order valence-electron chi connectivity index (χ0n) is 10.7. The smallest absolute Gasteiger partial charge is 0.150 e. The van der Waals surface area contributed by atoms with E-state index in [4.69, 9.17) is 0 Å². The predicted molar refractivity (Wildman–Crippen MR) is 65.4 cm³/mol. The lowest BCUT2D eigenvalue weighted by Crippen LogP contribution is -2.24. The first kappa shape index (κ1) is 12.1. The van der Waals surface area contributed by atoms with E-state index in [0.717, 1.165) is 37.3 Å². The van der Waals surface area contributed by atoms with Gasteiger partial charge in [0, 0.05) is 12.8 Å². The highest BCUT2D eigenvalue weighted by atomic mass is 15.4. The molecule has 0 bridgehead atoms. The van der Waals surface area contributed by atoms with Crippen molar-refractivity contribution in [1.82, 2.24) is 14.8 Å². The number of aromatic nitrogens is 3. The normalized spacial score (nSPS) is 24.5. The number of rotatable bonds is 3. The quantitative estimate of drug-likeness (QED) is 0.805. The van der Waals surface area contributed by atoms with Crippen LogP contribution in [0.15, 0.2) is 0 Å². The molecule has 92 valence electrons. The Bertz CT molecular complexity index is 416. The molecule has 1 heterocycles. The molecule has 0 N–H and O–H groups in total. The molecular weight excluding hydrogens is 212 g/mol. The molecule has 1 saturated carbocycles. The summed E-state index contributed by atoms with van der Waals surface area (Å²) in [5, 5.41) is 13.8. The molecule has 1 aromatic rings. The van der Waals surface area contributed by atoms with Crippen LogP contribution in [-0.4, -0.2) is 14.8 Å². The average Bonchev–Trinajstić information content (AvgIpc) is 2.81. The highest BCUT2D eigenvalue weighted by Gasteiger charge is 2.29. The summed E-state index contributed by atoms with van der Waals surface area (Å²) in [6.45, 7) is 4.17. The maximum absolute atomic E-state index is 9.24. The van der Waals surface area contributed by atoms with E-state index < -0.39 is 0 Å². The first-order chi connectivity index (χ1) is 8.30. The van der Waals surface area contributed by atoms with Crippen LogP contribution in [0.5, 0.6) is 0 Å². The summed E-state index contributed by atoms with van der Waals surface area (Å²) in [7, 11) is 0. The van der Waals surface area contributed by atoms with Gasteiger partial charge in [0.1, 0.15) is 5.82 Å². The molecule has 1 aliphatic rings. The second kappa shape index (κ2) is 5.31. The lowest BCUT2D eigenvalue weighted by atomic mass is 9.85. The van der Waals surface area contributed by atoms with E-state index in [-0.39, 0.29) is 12.0 Å². The molecule has 1 aliphatic carbocycles. The van der Waals surface area contributed by atoms with Crippen LogP contribution >= 0.6 is 0 Å². The van der Waals surface area contributed by atoms with Crippen molar-refractivity contribution in [3.8, 4) is 6.07 Å². The van der Waals surface area contributed by atoms with Gasteiger partial charge in [-0.3, -0.25) is 0 Å². The van der Waals surface area contributed by atoms with Crippen molar-refractivity contribution in [2.24, 2.45) is 5.92 Å². The minimum Gasteiger partial charge on any atom is -0.245 e. The van der Waals surface area contributed by atoms with Crippen molar-refractivity contribution in [2.75, 3.05) is 0 Å². The third-order valence-electron chi connectivity index (χ3n) is 3.59. The fraction of sp³-hybridized carbons (Fsp3) is 0.769. The lowest BCUT2D eigenvalue weighted by molar-refractivity contribution is 0.263. The lowest BCUT2D eigenvalue weighted by Gasteiger charge is -2.27. The van der Waals surface area contributed by atoms with Crippen LogP contribution < -0.4 is 0 Å². The van der Waals surface area contributed by atoms with Gasteiger partial charge in [-0.2, -0.15) is 10.4 Å². The van der Waals surface area contributed by atoms with Gasteiger partial charge in [-0.1, -0.05) is 26.7 Å². The van der Waals surface area contributed by atoms with Crippen molar-refractivity contribution >= 4 is 0 Å². The Morgan fingerprint density at radius 2 is 2.06 bits per heavy atom. The predicted octanol–water partition coefficient (Wildman–Crippen LogP) is 2.66. The van der Waals surface area contributed by atoms with Crippen LogP contribution in [0.25, 0.3) is 0 Å². The van der Waals surface area contributed by atoms with Gasteiger partial charge >= 0.3 is 0 Å². The second-order valence-electron chi connectivity index (χ2n) is 4.68. The van der Waals surface area contributed by atoms with E-state index in [1.165, 1.54) is 12.8 Å². The van der Waals surface area contributed by atoms with Crippen LogP contribution in [-0.2, 0) is 12.8 Å². The molecule has 2 rings (SSSR count). The first-order valence-electron chi connectivity index (χ1n) is 6.64. The van der Waals surface area contributed by atoms with Crippen LogP contribution in [0.1, 0.15) is 57.2 Å². The Morgan fingerprint density at radius 3 is 2.71 bits per heavy atom. The van der Waals surface area contributed by atoms with Gasteiger partial charge in [0.2, 0.25) is 0 Å². The average molecular weight is 232 g/mol. The summed E-state index contributed by atoms with van der Waals surface area (Å²) in [4.78, 5) is 4.53. The van der Waals surface area contributed by atoms with Gasteiger partial charge in [0.25, 0.3) is 0 Å². The number of hydrogen-bond acceptors (Lipinski definition) is 3. The highest BCUT2D eigenvalue weighted by molar-refractivity contribution is 5.00. The summed E-state index contributed by atoms with van der Waals surface area (Å²) in [6.07, 6.45) is 6.20. The second-order valence-corrected chi connectivity index (χ2v) is 4.68. The SMILES string of the molecule is CCc1nc(CC)n(C2CCCCC2C#N)n1. The number of nitrogens with zero attached hydrogens (tertiary/aromatic N) is 4. The first-order valence-corrected chi connectivity index (χ1v) is 6.64. The topological polar surface area (TPSA) is 54.5 Å². The van der Waals surface area contributed by atoms with Gasteiger partial charge < -0.3 is 0 Å². The molecule has 4 heteroatoms. The molecule has 0 spiro atoms. The van der Waals surface area contributed by atoms with Gasteiger partial charge in [-0.05, 0) is 12.8 Å². The van der Waals surface area contributed by atoms with Crippen molar-refractivity contribution in [3.63, 3.8) is 0 Å². The standard InChI is InChI=1S/C13H20N4/c1-3-12-15-13(4-2)17(16-12)11-8-6-5-7-10(11)9-14/h10-11H,3-8H2,1-2H3. The van der Waals surface area contributed by atoms with Gasteiger partial charge in [-0.15, -0.1) is 0 Å². The van der Waals surface area contributed by atoms with E-state index in [9.17, 15) is 5.26 Å². The van der Waals surface area contributed by atoms with E-state index in [0.29, 0.717) is 0 Å². The Labute approximate surface area is 103 Å². The highest BCUT2D eigenvalue weighted by Crippen LogP contribution is 2.33. The van der Waals surface area contributed by atoms with Crippen molar-refractivity contribution in [2.45, 2.75) is 58.4 Å². The van der Waals surface area contributed by atoms with Gasteiger partial charge in [-0.25, -0.2) is 9.67 Å². The molecule has 0 radical (unpaired) electrons. The molecule has 2 unspecified atom stereocenters. The van der Waals surface area contributed by atoms with Crippen LogP contribution in [0.2, 0.25) is 0 Å². The third-order valence-corrected chi connectivity index (χ3v) is 3.59. The molecule has 17 heavy (non-hydrogen) atoms. The maximum Gasteiger partial charge on any atom is 0.150 e. The summed E-state index contributed by atoms with van der Waals surface area (Å²) in [6, 6.07) is 2.69. The number of aryl methyl sites for hydroxylation is 2. The third kappa shape index (κ3) is 2.33. The fourth-order valence-corrected chi connectivity index (χ4v) is 2.62. The molecule has 0 aromatic carbocycles. The van der Waals surface area contributed by atoms with Crippen molar-refractivity contribution < 1.29 is 0 Å². The summed E-state index contributed by atoms with van der Waals surface area (Å²) in [5.41, 5.74) is 0. The molecule has 2 atom stereocenters. The minimum absolute atomic E-state index is 0.112. The number of hydrogen-bond donors (Lipinski definition) is 0. The molecule has 0 saturated heterocycles. The van der Waals surface area contributed by atoms with E-state index >= 15 is 0 Å². The summed E-state index contributed by atoms with van der Waals surface area (Å²) < 4.78 is 2.03. The minimum atomic E-state index is 0.112. The van der Waals surface area contributed by atoms with Crippen molar-refractivity contribution in [1.29, 1.82) is 5.26 Å². The molecule has 1 fully saturated rings. The van der Waals surface area contributed by atoms with Crippen LogP contribution in [0.3, 0.4) is 0 Å². The Morgan fingerprint density at radius 1 is 1.29 bits per heavy atom. The molecular formula is C13H20N4. The van der Waals surface area contributed by atoms with E-state index in [1.807, 2.05) is 4.68 Å². The van der Waals surface area contributed by atoms with E-state index in [2.05, 4.69) is 30.0 Å². The fourth-order valence-electron chi connectivity index (χ4n) is 2.62. The van der Waals surface area contributed by atoms with Crippen LogP contribution in [0, 0.1) is 17.2 Å². The Balaban J connectivity index is 2.30. The van der Waals surface area contributed by atoms with Crippen molar-refractivity contribution in [3.05, 3.63) is 11.6 Å². The summed E-state index contributed by atoms with van der Waals surface area (Å²) >= 11 is 0. The van der Waals surface area contributed by atoms with Gasteiger partial charge in [0.15, 0.2) is 5.82 Å². The molecule has 0 aliphatic heterocycles. The molecule has 4 nitrogen and oxygen atoms in total.